The summed E-state index contributed by atoms with van der Waals surface area (Å²) in [5.41, 5.74) is 0. The van der Waals surface area contributed by atoms with Crippen molar-refractivity contribution in [2.75, 3.05) is 27.9 Å². The predicted octanol–water partition coefficient (Wildman–Crippen LogP) is -0.117. The fourth-order valence-electron chi connectivity index (χ4n) is 0.646. The van der Waals surface area contributed by atoms with E-state index >= 15 is 0 Å². The van der Waals surface area contributed by atoms with E-state index in [4.69, 9.17) is 18.6 Å². The zero-order valence-corrected chi connectivity index (χ0v) is 9.84. The second-order valence-electron chi connectivity index (χ2n) is 1.83. The highest BCUT2D eigenvalue weighted by Gasteiger charge is 2.29. The van der Waals surface area contributed by atoms with Gasteiger partial charge >= 0.3 is 0 Å². The number of hydrogen-bond acceptors (Lipinski definition) is 4. The molecule has 0 unspecified atom stereocenters. The minimum absolute atomic E-state index is 0. The number of ether oxygens (including phenoxy) is 3. The lowest BCUT2D eigenvalue weighted by Gasteiger charge is -2.28. The Balaban J connectivity index is 0. The van der Waals surface area contributed by atoms with Gasteiger partial charge in [-0.2, -0.15) is 0 Å². The Morgan fingerprint density at radius 1 is 1.17 bits per heavy atom. The molecular weight excluding hydrogens is 192 g/mol. The Labute approximate surface area is 80.5 Å². The third-order valence-corrected chi connectivity index (χ3v) is 1.72. The maximum atomic E-state index is 5.23. The van der Waals surface area contributed by atoms with Gasteiger partial charge < -0.3 is 18.6 Å². The smallest absolute Gasteiger partial charge is 0.297 e. The predicted molar refractivity (Wildman–Crippen MR) is 47.1 cm³/mol. The van der Waals surface area contributed by atoms with Crippen molar-refractivity contribution in [1.82, 2.24) is 0 Å². The second-order valence-corrected chi connectivity index (χ2v) is 2.44. The maximum Gasteiger partial charge on any atom is 0.297 e. The molecule has 0 heterocycles. The topological polar surface area (TPSA) is 36.9 Å². The van der Waals surface area contributed by atoms with Crippen molar-refractivity contribution in [2.24, 2.45) is 0 Å². The molecule has 0 aliphatic rings. The van der Waals surface area contributed by atoms with E-state index in [1.807, 2.05) is 6.55 Å². The monoisotopic (exact) mass is 206 g/mol. The van der Waals surface area contributed by atoms with Crippen LogP contribution >= 0.6 is 0 Å². The Morgan fingerprint density at radius 3 is 1.92 bits per heavy atom. The molecule has 0 atom stereocenters. The van der Waals surface area contributed by atoms with Crippen molar-refractivity contribution >= 4 is 20.7 Å². The van der Waals surface area contributed by atoms with Crippen LogP contribution in [-0.2, 0) is 18.6 Å². The van der Waals surface area contributed by atoms with E-state index in [1.54, 1.807) is 7.11 Å². The van der Waals surface area contributed by atoms with Gasteiger partial charge in [-0.1, -0.05) is 0 Å². The summed E-state index contributed by atoms with van der Waals surface area (Å²) in [6.45, 7) is 2.16. The average Bonchev–Trinajstić information content (AvgIpc) is 2.04. The molecular formula is C6H14O4Si2. The first-order valence-corrected chi connectivity index (χ1v) is 4.59. The van der Waals surface area contributed by atoms with Crippen molar-refractivity contribution in [2.45, 2.75) is 12.5 Å². The standard InChI is InChI=1S/C6H14O4Si.Si/c1-7-5-6(8-2,9-3)10-11-4;/h5H2,1-4H3;. The van der Waals surface area contributed by atoms with Crippen LogP contribution in [-0.4, -0.2) is 54.6 Å². The van der Waals surface area contributed by atoms with Crippen LogP contribution in [0.4, 0.5) is 0 Å². The fraction of sp³-hybridized carbons (Fsp3) is 1.00. The summed E-state index contributed by atoms with van der Waals surface area (Å²) in [5.74, 6) is -1.03. The third kappa shape index (κ3) is 4.34. The summed E-state index contributed by atoms with van der Waals surface area (Å²) >= 11 is 0. The van der Waals surface area contributed by atoms with Crippen LogP contribution in [0.5, 0.6) is 0 Å². The summed E-state index contributed by atoms with van der Waals surface area (Å²) in [7, 11) is 4.90. The molecule has 0 saturated carbocycles. The summed E-state index contributed by atoms with van der Waals surface area (Å²) in [5, 5.41) is 0. The van der Waals surface area contributed by atoms with Gasteiger partial charge in [0.2, 0.25) is 9.76 Å². The van der Waals surface area contributed by atoms with Gasteiger partial charge in [0, 0.05) is 32.3 Å². The molecule has 0 aromatic rings. The Hall–Kier alpha value is 0.274. The summed E-state index contributed by atoms with van der Waals surface area (Å²) in [6, 6.07) is 0. The SMILES string of the molecule is COCC(OC)(OC)O[Si]C.[Si]. The first kappa shape index (κ1) is 14.8. The molecule has 6 radical (unpaired) electrons. The lowest BCUT2D eigenvalue weighted by Crippen LogP contribution is -2.42. The van der Waals surface area contributed by atoms with Crippen LogP contribution in [0.25, 0.3) is 0 Å². The summed E-state index contributed by atoms with van der Waals surface area (Å²) < 4.78 is 20.1. The molecule has 0 aromatic heterocycles. The van der Waals surface area contributed by atoms with Crippen LogP contribution in [0, 0.1) is 0 Å². The molecule has 6 heteroatoms. The molecule has 0 rings (SSSR count). The molecule has 70 valence electrons. The fourth-order valence-corrected chi connectivity index (χ4v) is 1.18. The Kier molecular flexibility index (Phi) is 9.73. The largest absolute Gasteiger partial charge is 0.376 e. The summed E-state index contributed by atoms with van der Waals surface area (Å²) in [4.78, 5) is 0. The Morgan fingerprint density at radius 2 is 1.67 bits per heavy atom. The van der Waals surface area contributed by atoms with Crippen LogP contribution in [0.3, 0.4) is 0 Å². The van der Waals surface area contributed by atoms with Gasteiger partial charge in [-0.3, -0.25) is 0 Å². The number of rotatable bonds is 6. The van der Waals surface area contributed by atoms with E-state index in [-0.39, 0.29) is 17.6 Å². The summed E-state index contributed by atoms with van der Waals surface area (Å²) in [6.07, 6.45) is 0. The lowest BCUT2D eigenvalue weighted by molar-refractivity contribution is -0.339. The van der Waals surface area contributed by atoms with Gasteiger partial charge in [-0.05, 0) is 6.55 Å². The number of methoxy groups -OCH3 is 3. The third-order valence-electron chi connectivity index (χ3n) is 1.20. The van der Waals surface area contributed by atoms with E-state index in [9.17, 15) is 0 Å². The van der Waals surface area contributed by atoms with E-state index in [1.165, 1.54) is 14.2 Å². The van der Waals surface area contributed by atoms with Crippen molar-refractivity contribution in [3.63, 3.8) is 0 Å². The van der Waals surface area contributed by atoms with Gasteiger partial charge in [0.15, 0.2) is 0 Å². The molecule has 4 nitrogen and oxygen atoms in total. The van der Waals surface area contributed by atoms with Gasteiger partial charge in [0.25, 0.3) is 5.97 Å². The molecule has 0 saturated heterocycles. The molecule has 0 fully saturated rings. The molecule has 0 bridgehead atoms. The molecule has 0 spiro atoms. The minimum atomic E-state index is -1.03. The molecule has 0 aliphatic heterocycles. The van der Waals surface area contributed by atoms with E-state index < -0.39 is 5.97 Å². The highest BCUT2D eigenvalue weighted by Crippen LogP contribution is 2.12. The highest BCUT2D eigenvalue weighted by atomic mass is 28.2. The van der Waals surface area contributed by atoms with Crippen molar-refractivity contribution in [3.8, 4) is 0 Å². The van der Waals surface area contributed by atoms with Gasteiger partial charge in [-0.25, -0.2) is 0 Å². The van der Waals surface area contributed by atoms with Crippen molar-refractivity contribution in [3.05, 3.63) is 0 Å². The normalized spacial score (nSPS) is 11.0. The Bertz CT molecular complexity index is 89.5. The average molecular weight is 206 g/mol. The van der Waals surface area contributed by atoms with Gasteiger partial charge in [-0.15, -0.1) is 0 Å². The van der Waals surface area contributed by atoms with Crippen LogP contribution < -0.4 is 0 Å². The first-order chi connectivity index (χ1) is 5.24. The van der Waals surface area contributed by atoms with Crippen LogP contribution in [0.15, 0.2) is 0 Å². The molecule has 0 aromatic carbocycles. The molecule has 0 N–H and O–H groups in total. The van der Waals surface area contributed by atoms with Gasteiger partial charge in [0.1, 0.15) is 6.61 Å². The zero-order chi connectivity index (χ0) is 8.74. The molecule has 0 amide bonds. The van der Waals surface area contributed by atoms with E-state index in [0.29, 0.717) is 9.76 Å². The highest BCUT2D eigenvalue weighted by molar-refractivity contribution is 6.24. The second kappa shape index (κ2) is 7.90. The van der Waals surface area contributed by atoms with Crippen molar-refractivity contribution < 1.29 is 18.6 Å². The molecule has 0 aliphatic carbocycles. The van der Waals surface area contributed by atoms with E-state index in [0.717, 1.165) is 0 Å². The molecule has 12 heavy (non-hydrogen) atoms. The first-order valence-electron chi connectivity index (χ1n) is 3.18. The van der Waals surface area contributed by atoms with Gasteiger partial charge in [0.05, 0.1) is 0 Å². The minimum Gasteiger partial charge on any atom is -0.376 e. The van der Waals surface area contributed by atoms with E-state index in [2.05, 4.69) is 0 Å². The van der Waals surface area contributed by atoms with Crippen LogP contribution in [0.2, 0.25) is 6.55 Å². The number of hydrogen-bond donors (Lipinski definition) is 0. The zero-order valence-electron chi connectivity index (χ0n) is 7.84. The quantitative estimate of drug-likeness (QED) is 0.448. The maximum absolute atomic E-state index is 5.23. The van der Waals surface area contributed by atoms with Crippen LogP contribution in [0.1, 0.15) is 0 Å². The lowest BCUT2D eigenvalue weighted by atomic mass is 10.6. The van der Waals surface area contributed by atoms with Crippen molar-refractivity contribution in [1.29, 1.82) is 0 Å².